The highest BCUT2D eigenvalue weighted by Crippen LogP contribution is 2.33. The van der Waals surface area contributed by atoms with Gasteiger partial charge in [0.1, 0.15) is 0 Å². The van der Waals surface area contributed by atoms with Crippen LogP contribution < -0.4 is 5.32 Å². The van der Waals surface area contributed by atoms with Crippen molar-refractivity contribution in [3.05, 3.63) is 34.9 Å². The van der Waals surface area contributed by atoms with Gasteiger partial charge in [0.05, 0.1) is 0 Å². The molecule has 1 saturated heterocycles. The zero-order valence-electron chi connectivity index (χ0n) is 11.0. The summed E-state index contributed by atoms with van der Waals surface area (Å²) in [7, 11) is 0. The average molecular weight is 231 g/mol. The van der Waals surface area contributed by atoms with Crippen molar-refractivity contribution in [1.29, 1.82) is 0 Å². The van der Waals surface area contributed by atoms with E-state index in [0.29, 0.717) is 5.78 Å². The Labute approximate surface area is 103 Å². The number of carbonyl (C=O) groups excluding carboxylic acids is 1. The largest absolute Gasteiger partial charge is 0.317 e. The zero-order valence-corrected chi connectivity index (χ0v) is 11.0. The van der Waals surface area contributed by atoms with E-state index in [4.69, 9.17) is 0 Å². The summed E-state index contributed by atoms with van der Waals surface area (Å²) in [4.78, 5) is 12.7. The van der Waals surface area contributed by atoms with Crippen molar-refractivity contribution < 1.29 is 4.79 Å². The summed E-state index contributed by atoms with van der Waals surface area (Å²) in [5, 5.41) is 3.32. The number of piperidine rings is 1. The van der Waals surface area contributed by atoms with Crippen molar-refractivity contribution in [1.82, 2.24) is 5.32 Å². The number of aryl methyl sites for hydroxylation is 1. The molecule has 1 aromatic rings. The van der Waals surface area contributed by atoms with Crippen molar-refractivity contribution in [2.45, 2.75) is 33.6 Å². The number of hydrogen-bond donors (Lipinski definition) is 1. The number of benzene rings is 1. The van der Waals surface area contributed by atoms with Crippen molar-refractivity contribution in [2.24, 2.45) is 5.41 Å². The molecule has 0 bridgehead atoms. The zero-order chi connectivity index (χ0) is 12.5. The molecule has 1 aliphatic heterocycles. The van der Waals surface area contributed by atoms with Crippen molar-refractivity contribution in [3.8, 4) is 0 Å². The molecule has 0 atom stereocenters. The number of nitrogens with one attached hydrogen (secondary N) is 1. The van der Waals surface area contributed by atoms with Crippen molar-refractivity contribution in [2.75, 3.05) is 13.1 Å². The van der Waals surface area contributed by atoms with Crippen LogP contribution in [-0.4, -0.2) is 18.9 Å². The minimum absolute atomic E-state index is 0.177. The predicted octanol–water partition coefficient (Wildman–Crippen LogP) is 2.88. The first-order valence-corrected chi connectivity index (χ1v) is 6.36. The SMILES string of the molecule is Cc1cccc(C(=O)C2(C)CCNCC2)c1C. The number of hydrogen-bond acceptors (Lipinski definition) is 2. The maximum atomic E-state index is 12.7. The van der Waals surface area contributed by atoms with E-state index < -0.39 is 0 Å². The second-order valence-electron chi connectivity index (χ2n) is 5.39. The molecule has 0 amide bonds. The molecule has 0 aliphatic carbocycles. The van der Waals surface area contributed by atoms with Crippen LogP contribution >= 0.6 is 0 Å². The van der Waals surface area contributed by atoms with Crippen molar-refractivity contribution in [3.63, 3.8) is 0 Å². The van der Waals surface area contributed by atoms with Gasteiger partial charge in [-0.15, -0.1) is 0 Å². The Hall–Kier alpha value is -1.15. The fourth-order valence-corrected chi connectivity index (χ4v) is 2.53. The Balaban J connectivity index is 2.33. The van der Waals surface area contributed by atoms with Gasteiger partial charge in [-0.05, 0) is 50.9 Å². The molecule has 1 N–H and O–H groups in total. The summed E-state index contributed by atoms with van der Waals surface area (Å²) in [6, 6.07) is 6.02. The second-order valence-corrected chi connectivity index (χ2v) is 5.39. The van der Waals surface area contributed by atoms with Crippen LogP contribution in [0.25, 0.3) is 0 Å². The van der Waals surface area contributed by atoms with E-state index in [0.717, 1.165) is 37.1 Å². The molecule has 17 heavy (non-hydrogen) atoms. The van der Waals surface area contributed by atoms with E-state index in [2.05, 4.69) is 25.2 Å². The molecule has 0 spiro atoms. The number of ketones is 1. The lowest BCUT2D eigenvalue weighted by molar-refractivity contribution is 0.0761. The average Bonchev–Trinajstić information content (AvgIpc) is 2.33. The highest BCUT2D eigenvalue weighted by molar-refractivity contribution is 6.01. The van der Waals surface area contributed by atoms with E-state index >= 15 is 0 Å². The van der Waals surface area contributed by atoms with Gasteiger partial charge in [-0.25, -0.2) is 0 Å². The smallest absolute Gasteiger partial charge is 0.169 e. The third-order valence-electron chi connectivity index (χ3n) is 4.10. The molecule has 2 nitrogen and oxygen atoms in total. The third-order valence-corrected chi connectivity index (χ3v) is 4.10. The molecule has 1 heterocycles. The molecule has 0 aromatic heterocycles. The first-order chi connectivity index (χ1) is 8.04. The van der Waals surface area contributed by atoms with Gasteiger partial charge in [0.2, 0.25) is 0 Å². The highest BCUT2D eigenvalue weighted by atomic mass is 16.1. The molecular formula is C15H21NO. The van der Waals surface area contributed by atoms with Crippen LogP contribution in [-0.2, 0) is 0 Å². The summed E-state index contributed by atoms with van der Waals surface area (Å²) < 4.78 is 0. The van der Waals surface area contributed by atoms with Gasteiger partial charge in [-0.3, -0.25) is 4.79 Å². The van der Waals surface area contributed by atoms with E-state index in [1.807, 2.05) is 19.1 Å². The molecule has 0 radical (unpaired) electrons. The van der Waals surface area contributed by atoms with Crippen LogP contribution in [0.3, 0.4) is 0 Å². The standard InChI is InChI=1S/C15H21NO/c1-11-5-4-6-13(12(11)2)14(17)15(3)7-9-16-10-8-15/h4-6,16H,7-10H2,1-3H3. The molecule has 1 aromatic carbocycles. The highest BCUT2D eigenvalue weighted by Gasteiger charge is 2.35. The van der Waals surface area contributed by atoms with Gasteiger partial charge in [-0.1, -0.05) is 25.1 Å². The normalized spacial score (nSPS) is 19.0. The molecular weight excluding hydrogens is 210 g/mol. The van der Waals surface area contributed by atoms with Gasteiger partial charge in [-0.2, -0.15) is 0 Å². The van der Waals surface area contributed by atoms with Crippen LogP contribution in [0.4, 0.5) is 0 Å². The van der Waals surface area contributed by atoms with Gasteiger partial charge in [0.15, 0.2) is 5.78 Å². The maximum Gasteiger partial charge on any atom is 0.169 e. The molecule has 92 valence electrons. The molecule has 1 aliphatic rings. The lowest BCUT2D eigenvalue weighted by atomic mass is 9.74. The first-order valence-electron chi connectivity index (χ1n) is 6.36. The summed E-state index contributed by atoms with van der Waals surface area (Å²) in [6.45, 7) is 8.13. The van der Waals surface area contributed by atoms with Gasteiger partial charge in [0, 0.05) is 11.0 Å². The van der Waals surface area contributed by atoms with Crippen LogP contribution in [0.2, 0.25) is 0 Å². The topological polar surface area (TPSA) is 29.1 Å². The van der Waals surface area contributed by atoms with Gasteiger partial charge >= 0.3 is 0 Å². The van der Waals surface area contributed by atoms with Gasteiger partial charge in [0.25, 0.3) is 0 Å². The third kappa shape index (κ3) is 2.27. The second kappa shape index (κ2) is 4.61. The number of Topliss-reactive ketones (excluding diaryl/α,β-unsaturated/α-hetero) is 1. The van der Waals surface area contributed by atoms with Crippen LogP contribution in [0.15, 0.2) is 18.2 Å². The quantitative estimate of drug-likeness (QED) is 0.793. The van der Waals surface area contributed by atoms with E-state index in [1.165, 1.54) is 5.56 Å². The van der Waals surface area contributed by atoms with E-state index in [9.17, 15) is 4.79 Å². The molecule has 2 rings (SSSR count). The molecule has 0 unspecified atom stereocenters. The maximum absolute atomic E-state index is 12.7. The van der Waals surface area contributed by atoms with Crippen LogP contribution in [0, 0.1) is 19.3 Å². The van der Waals surface area contributed by atoms with Crippen LogP contribution in [0.1, 0.15) is 41.3 Å². The van der Waals surface area contributed by atoms with Crippen molar-refractivity contribution >= 4 is 5.78 Å². The monoisotopic (exact) mass is 231 g/mol. The van der Waals surface area contributed by atoms with E-state index in [1.54, 1.807) is 0 Å². The Morgan fingerprint density at radius 1 is 1.24 bits per heavy atom. The molecule has 0 saturated carbocycles. The Bertz CT molecular complexity index is 431. The summed E-state index contributed by atoms with van der Waals surface area (Å²) >= 11 is 0. The fourth-order valence-electron chi connectivity index (χ4n) is 2.53. The molecule has 2 heteroatoms. The Morgan fingerprint density at radius 3 is 2.53 bits per heavy atom. The first kappa shape index (κ1) is 12.3. The van der Waals surface area contributed by atoms with Crippen LogP contribution in [0.5, 0.6) is 0 Å². The lowest BCUT2D eigenvalue weighted by Crippen LogP contribution is -2.40. The summed E-state index contributed by atoms with van der Waals surface area (Å²) in [5.74, 6) is 0.320. The minimum Gasteiger partial charge on any atom is -0.317 e. The summed E-state index contributed by atoms with van der Waals surface area (Å²) in [6.07, 6.45) is 1.89. The minimum atomic E-state index is -0.177. The Morgan fingerprint density at radius 2 is 1.88 bits per heavy atom. The number of rotatable bonds is 2. The Kier molecular flexibility index (Phi) is 3.34. The fraction of sp³-hybridized carbons (Fsp3) is 0.533. The summed E-state index contributed by atoms with van der Waals surface area (Å²) in [5.41, 5.74) is 3.07. The van der Waals surface area contributed by atoms with E-state index in [-0.39, 0.29) is 5.41 Å². The number of carbonyl (C=O) groups is 1. The lowest BCUT2D eigenvalue weighted by Gasteiger charge is -2.33. The molecule has 1 fully saturated rings. The van der Waals surface area contributed by atoms with Gasteiger partial charge < -0.3 is 5.32 Å². The predicted molar refractivity (Wildman–Crippen MR) is 70.5 cm³/mol.